The molecule has 0 saturated carbocycles. The molecule has 0 aromatic rings. The average Bonchev–Trinajstić information content (AvgIpc) is 2.35. The van der Waals surface area contributed by atoms with Crippen molar-refractivity contribution in [3.05, 3.63) is 0 Å². The minimum atomic E-state index is -0.00584. The number of nitriles is 1. The van der Waals surface area contributed by atoms with E-state index in [2.05, 4.69) is 48.9 Å². The fraction of sp³-hybridized carbons (Fsp3) is 0.933. The summed E-state index contributed by atoms with van der Waals surface area (Å²) in [5.41, 5.74) is 0. The van der Waals surface area contributed by atoms with Crippen LogP contribution in [0.5, 0.6) is 0 Å². The number of rotatable bonds is 7. The van der Waals surface area contributed by atoms with E-state index in [-0.39, 0.29) is 6.04 Å². The van der Waals surface area contributed by atoms with Crippen LogP contribution < -0.4 is 5.32 Å². The Hall–Kier alpha value is -0.630. The molecule has 0 radical (unpaired) electrons. The molecule has 1 aliphatic rings. The van der Waals surface area contributed by atoms with Gasteiger partial charge in [0.05, 0.1) is 12.1 Å². The molecule has 0 aromatic carbocycles. The van der Waals surface area contributed by atoms with Crippen LogP contribution in [0.15, 0.2) is 0 Å². The third kappa shape index (κ3) is 6.91. The van der Waals surface area contributed by atoms with Gasteiger partial charge in [0.2, 0.25) is 0 Å². The first-order valence-electron chi connectivity index (χ1n) is 7.61. The van der Waals surface area contributed by atoms with E-state index in [0.717, 1.165) is 32.0 Å². The number of hydrogen-bond acceptors (Lipinski definition) is 4. The molecule has 4 heteroatoms. The SMILES string of the molecule is CC(C)CN1CCN(CCC(C#N)NC(C)C)CC1. The normalized spacial score (nSPS) is 19.8. The van der Waals surface area contributed by atoms with Crippen molar-refractivity contribution in [2.75, 3.05) is 39.3 Å². The van der Waals surface area contributed by atoms with Crippen LogP contribution in [0, 0.1) is 17.2 Å². The highest BCUT2D eigenvalue weighted by atomic mass is 15.3. The van der Waals surface area contributed by atoms with Gasteiger partial charge in [-0.3, -0.25) is 5.32 Å². The summed E-state index contributed by atoms with van der Waals surface area (Å²) < 4.78 is 0. The first-order chi connectivity index (χ1) is 9.01. The van der Waals surface area contributed by atoms with E-state index >= 15 is 0 Å². The highest BCUT2D eigenvalue weighted by Gasteiger charge is 2.18. The van der Waals surface area contributed by atoms with Crippen molar-refractivity contribution in [1.29, 1.82) is 5.26 Å². The summed E-state index contributed by atoms with van der Waals surface area (Å²) >= 11 is 0. The molecule has 0 aromatic heterocycles. The minimum Gasteiger partial charge on any atom is -0.301 e. The summed E-state index contributed by atoms with van der Waals surface area (Å²) in [5, 5.41) is 12.4. The maximum absolute atomic E-state index is 9.11. The van der Waals surface area contributed by atoms with Gasteiger partial charge in [-0.15, -0.1) is 0 Å². The Morgan fingerprint density at radius 3 is 2.11 bits per heavy atom. The van der Waals surface area contributed by atoms with Crippen molar-refractivity contribution in [2.24, 2.45) is 5.92 Å². The van der Waals surface area contributed by atoms with Crippen LogP contribution in [0.25, 0.3) is 0 Å². The Balaban J connectivity index is 2.20. The fourth-order valence-electron chi connectivity index (χ4n) is 2.61. The first-order valence-corrected chi connectivity index (χ1v) is 7.61. The number of nitrogens with one attached hydrogen (secondary N) is 1. The zero-order chi connectivity index (χ0) is 14.3. The van der Waals surface area contributed by atoms with Crippen molar-refractivity contribution >= 4 is 0 Å². The molecular weight excluding hydrogens is 236 g/mol. The van der Waals surface area contributed by atoms with Crippen LogP contribution in [-0.4, -0.2) is 61.2 Å². The van der Waals surface area contributed by atoms with Gasteiger partial charge >= 0.3 is 0 Å². The Kier molecular flexibility index (Phi) is 7.37. The van der Waals surface area contributed by atoms with Gasteiger partial charge in [0.1, 0.15) is 0 Å². The molecule has 1 rings (SSSR count). The number of piperazine rings is 1. The van der Waals surface area contributed by atoms with Crippen LogP contribution in [0.1, 0.15) is 34.1 Å². The summed E-state index contributed by atoms with van der Waals surface area (Å²) in [7, 11) is 0. The lowest BCUT2D eigenvalue weighted by Crippen LogP contribution is -2.48. The maximum atomic E-state index is 9.11. The van der Waals surface area contributed by atoms with Gasteiger partial charge in [0.25, 0.3) is 0 Å². The smallest absolute Gasteiger partial charge is 0.0967 e. The van der Waals surface area contributed by atoms with Crippen LogP contribution >= 0.6 is 0 Å². The van der Waals surface area contributed by atoms with E-state index in [1.54, 1.807) is 0 Å². The van der Waals surface area contributed by atoms with Gasteiger partial charge < -0.3 is 9.80 Å². The summed E-state index contributed by atoms with van der Waals surface area (Å²) in [6.45, 7) is 15.6. The number of nitrogens with zero attached hydrogens (tertiary/aromatic N) is 3. The molecule has 1 N–H and O–H groups in total. The second kappa shape index (κ2) is 8.52. The lowest BCUT2D eigenvalue weighted by Gasteiger charge is -2.35. The molecule has 4 nitrogen and oxygen atoms in total. The Labute approximate surface area is 118 Å². The molecule has 1 heterocycles. The van der Waals surface area contributed by atoms with Gasteiger partial charge in [-0.2, -0.15) is 5.26 Å². The van der Waals surface area contributed by atoms with Gasteiger partial charge in [-0.05, 0) is 26.2 Å². The van der Waals surface area contributed by atoms with E-state index in [1.807, 2.05) is 0 Å². The largest absolute Gasteiger partial charge is 0.301 e. The summed E-state index contributed by atoms with van der Waals surface area (Å²) in [6, 6.07) is 2.74. The number of hydrogen-bond donors (Lipinski definition) is 1. The lowest BCUT2D eigenvalue weighted by molar-refractivity contribution is 0.120. The molecule has 19 heavy (non-hydrogen) atoms. The standard InChI is InChI=1S/C15H30N4/c1-13(2)12-19-9-7-18(8-10-19)6-5-15(11-16)17-14(3)4/h13-15,17H,5-10,12H2,1-4H3. The fourth-order valence-corrected chi connectivity index (χ4v) is 2.61. The van der Waals surface area contributed by atoms with Crippen LogP contribution in [0.4, 0.5) is 0 Å². The predicted molar refractivity (Wildman–Crippen MR) is 80.0 cm³/mol. The third-order valence-electron chi connectivity index (χ3n) is 3.51. The van der Waals surface area contributed by atoms with Crippen LogP contribution in [0.3, 0.4) is 0 Å². The molecule has 0 spiro atoms. The maximum Gasteiger partial charge on any atom is 0.0967 e. The monoisotopic (exact) mass is 266 g/mol. The van der Waals surface area contributed by atoms with E-state index < -0.39 is 0 Å². The molecule has 110 valence electrons. The first kappa shape index (κ1) is 16.4. The van der Waals surface area contributed by atoms with E-state index in [4.69, 9.17) is 5.26 Å². The topological polar surface area (TPSA) is 42.3 Å². The summed E-state index contributed by atoms with van der Waals surface area (Å²) in [6.07, 6.45) is 0.929. The van der Waals surface area contributed by atoms with Crippen molar-refractivity contribution < 1.29 is 0 Å². The molecule has 1 unspecified atom stereocenters. The minimum absolute atomic E-state index is 0.00584. The van der Waals surface area contributed by atoms with E-state index in [1.165, 1.54) is 19.6 Å². The molecule has 0 bridgehead atoms. The zero-order valence-electron chi connectivity index (χ0n) is 13.0. The summed E-state index contributed by atoms with van der Waals surface area (Å²) in [4.78, 5) is 5.04. The lowest BCUT2D eigenvalue weighted by atomic mass is 10.1. The third-order valence-corrected chi connectivity index (χ3v) is 3.51. The van der Waals surface area contributed by atoms with Gasteiger partial charge in [0.15, 0.2) is 0 Å². The van der Waals surface area contributed by atoms with Crippen molar-refractivity contribution in [1.82, 2.24) is 15.1 Å². The van der Waals surface area contributed by atoms with Crippen molar-refractivity contribution in [3.8, 4) is 6.07 Å². The van der Waals surface area contributed by atoms with E-state index in [0.29, 0.717) is 6.04 Å². The highest BCUT2D eigenvalue weighted by Crippen LogP contribution is 2.06. The zero-order valence-corrected chi connectivity index (χ0v) is 13.0. The van der Waals surface area contributed by atoms with Crippen molar-refractivity contribution in [3.63, 3.8) is 0 Å². The Bertz CT molecular complexity index is 274. The van der Waals surface area contributed by atoms with E-state index in [9.17, 15) is 0 Å². The Morgan fingerprint density at radius 2 is 1.63 bits per heavy atom. The Morgan fingerprint density at radius 1 is 1.05 bits per heavy atom. The average molecular weight is 266 g/mol. The van der Waals surface area contributed by atoms with Gasteiger partial charge in [0, 0.05) is 45.3 Å². The molecular formula is C15H30N4. The molecule has 1 aliphatic heterocycles. The molecule has 1 atom stereocenters. The quantitative estimate of drug-likeness (QED) is 0.759. The predicted octanol–water partition coefficient (Wildman–Crippen LogP) is 1.54. The molecule has 0 aliphatic carbocycles. The highest BCUT2D eigenvalue weighted by molar-refractivity contribution is 4.91. The van der Waals surface area contributed by atoms with Crippen LogP contribution in [0.2, 0.25) is 0 Å². The van der Waals surface area contributed by atoms with Crippen LogP contribution in [-0.2, 0) is 0 Å². The van der Waals surface area contributed by atoms with Crippen molar-refractivity contribution in [2.45, 2.75) is 46.2 Å². The summed E-state index contributed by atoms with van der Waals surface area (Å²) in [5.74, 6) is 0.754. The van der Waals surface area contributed by atoms with Gasteiger partial charge in [-0.1, -0.05) is 13.8 Å². The second-order valence-electron chi connectivity index (χ2n) is 6.33. The molecule has 0 amide bonds. The second-order valence-corrected chi connectivity index (χ2v) is 6.33. The molecule has 1 saturated heterocycles. The van der Waals surface area contributed by atoms with Gasteiger partial charge in [-0.25, -0.2) is 0 Å². The molecule has 1 fully saturated rings.